The fourth-order valence-electron chi connectivity index (χ4n) is 1.98. The Labute approximate surface area is 123 Å². The molecule has 0 heterocycles. The van der Waals surface area contributed by atoms with Crippen LogP contribution in [0.3, 0.4) is 0 Å². The highest BCUT2D eigenvalue weighted by atomic mass is 35.5. The largest absolute Gasteiger partial charge is 0.387 e. The van der Waals surface area contributed by atoms with Crippen molar-refractivity contribution >= 4 is 11.6 Å². The maximum absolute atomic E-state index is 12.8. The summed E-state index contributed by atoms with van der Waals surface area (Å²) in [6.07, 6.45) is -0.669. The van der Waals surface area contributed by atoms with E-state index in [1.165, 1.54) is 12.1 Å². The van der Waals surface area contributed by atoms with Gasteiger partial charge in [-0.1, -0.05) is 35.9 Å². The molecule has 0 radical (unpaired) electrons. The van der Waals surface area contributed by atoms with Crippen LogP contribution in [-0.2, 0) is 0 Å². The number of hydrogen-bond donors (Lipinski definition) is 2. The molecule has 0 aromatic heterocycles. The summed E-state index contributed by atoms with van der Waals surface area (Å²) in [6.45, 7) is 2.39. The predicted octanol–water partition coefficient (Wildman–Crippen LogP) is 3.86. The van der Waals surface area contributed by atoms with E-state index in [4.69, 9.17) is 11.6 Å². The second-order valence-corrected chi connectivity index (χ2v) is 5.19. The molecule has 0 spiro atoms. The maximum atomic E-state index is 12.8. The van der Waals surface area contributed by atoms with Crippen molar-refractivity contribution < 1.29 is 9.50 Å². The van der Waals surface area contributed by atoms with Gasteiger partial charge in [-0.05, 0) is 42.3 Å². The molecule has 2 rings (SSSR count). The lowest BCUT2D eigenvalue weighted by atomic mass is 10.1. The van der Waals surface area contributed by atoms with Crippen molar-refractivity contribution in [3.05, 3.63) is 70.5 Å². The van der Waals surface area contributed by atoms with E-state index in [-0.39, 0.29) is 11.9 Å². The van der Waals surface area contributed by atoms with Gasteiger partial charge in [0.25, 0.3) is 0 Å². The van der Waals surface area contributed by atoms with Crippen molar-refractivity contribution in [3.8, 4) is 0 Å². The Morgan fingerprint density at radius 1 is 1.15 bits per heavy atom. The first-order valence-corrected chi connectivity index (χ1v) is 6.86. The second-order valence-electron chi connectivity index (χ2n) is 4.75. The van der Waals surface area contributed by atoms with Gasteiger partial charge in [0.05, 0.1) is 6.10 Å². The zero-order valence-electron chi connectivity index (χ0n) is 11.2. The van der Waals surface area contributed by atoms with Crippen molar-refractivity contribution in [1.29, 1.82) is 0 Å². The van der Waals surface area contributed by atoms with E-state index >= 15 is 0 Å². The highest BCUT2D eigenvalue weighted by Gasteiger charge is 2.11. The first-order valence-electron chi connectivity index (χ1n) is 6.48. The number of aliphatic hydroxyl groups excluding tert-OH is 1. The summed E-state index contributed by atoms with van der Waals surface area (Å²) >= 11 is 5.95. The Morgan fingerprint density at radius 2 is 1.85 bits per heavy atom. The van der Waals surface area contributed by atoms with E-state index in [0.29, 0.717) is 17.1 Å². The molecule has 20 heavy (non-hydrogen) atoms. The third-order valence-corrected chi connectivity index (χ3v) is 3.46. The lowest BCUT2D eigenvalue weighted by Crippen LogP contribution is -2.24. The number of halogens is 2. The summed E-state index contributed by atoms with van der Waals surface area (Å²) in [4.78, 5) is 0. The topological polar surface area (TPSA) is 32.3 Å². The summed E-state index contributed by atoms with van der Waals surface area (Å²) in [7, 11) is 0. The van der Waals surface area contributed by atoms with E-state index in [0.717, 1.165) is 5.56 Å². The van der Waals surface area contributed by atoms with Crippen LogP contribution in [0.1, 0.15) is 30.2 Å². The van der Waals surface area contributed by atoms with Crippen LogP contribution < -0.4 is 5.32 Å². The third kappa shape index (κ3) is 4.04. The van der Waals surface area contributed by atoms with Crippen LogP contribution in [0.15, 0.2) is 48.5 Å². The summed E-state index contributed by atoms with van der Waals surface area (Å²) in [5.74, 6) is -0.304. The molecule has 0 bridgehead atoms. The van der Waals surface area contributed by atoms with Crippen molar-refractivity contribution in [2.24, 2.45) is 0 Å². The van der Waals surface area contributed by atoms with Crippen molar-refractivity contribution in [3.63, 3.8) is 0 Å². The summed E-state index contributed by atoms with van der Waals surface area (Å²) in [5.41, 5.74) is 1.75. The van der Waals surface area contributed by atoms with E-state index in [1.54, 1.807) is 12.1 Å². The molecule has 4 heteroatoms. The average Bonchev–Trinajstić information content (AvgIpc) is 2.45. The zero-order valence-corrected chi connectivity index (χ0v) is 11.9. The van der Waals surface area contributed by atoms with E-state index < -0.39 is 6.10 Å². The highest BCUT2D eigenvalue weighted by molar-refractivity contribution is 6.30. The van der Waals surface area contributed by atoms with Crippen LogP contribution in [0.25, 0.3) is 0 Å². The molecular formula is C16H17ClFNO. The monoisotopic (exact) mass is 293 g/mol. The van der Waals surface area contributed by atoms with Crippen molar-refractivity contribution in [1.82, 2.24) is 5.32 Å². The molecule has 0 aliphatic heterocycles. The van der Waals surface area contributed by atoms with E-state index in [9.17, 15) is 9.50 Å². The van der Waals surface area contributed by atoms with Crippen LogP contribution in [0.2, 0.25) is 5.02 Å². The van der Waals surface area contributed by atoms with Gasteiger partial charge in [0.15, 0.2) is 0 Å². The molecule has 0 saturated heterocycles. The van der Waals surface area contributed by atoms with Gasteiger partial charge in [-0.2, -0.15) is 0 Å². The summed E-state index contributed by atoms with van der Waals surface area (Å²) in [5, 5.41) is 14.0. The minimum Gasteiger partial charge on any atom is -0.387 e. The predicted molar refractivity (Wildman–Crippen MR) is 79.2 cm³/mol. The normalized spacial score (nSPS) is 14.0. The number of nitrogens with one attached hydrogen (secondary N) is 1. The molecule has 106 valence electrons. The van der Waals surface area contributed by atoms with Crippen LogP contribution in [0.4, 0.5) is 4.39 Å². The van der Waals surface area contributed by atoms with E-state index in [2.05, 4.69) is 5.32 Å². The fourth-order valence-corrected chi connectivity index (χ4v) is 2.18. The van der Waals surface area contributed by atoms with Crippen LogP contribution in [-0.4, -0.2) is 11.7 Å². The first-order chi connectivity index (χ1) is 9.56. The van der Waals surface area contributed by atoms with Gasteiger partial charge >= 0.3 is 0 Å². The maximum Gasteiger partial charge on any atom is 0.123 e. The lowest BCUT2D eigenvalue weighted by Gasteiger charge is -2.18. The van der Waals surface area contributed by atoms with Gasteiger partial charge in [0.2, 0.25) is 0 Å². The summed E-state index contributed by atoms with van der Waals surface area (Å²) in [6, 6.07) is 13.5. The standard InChI is InChI=1S/C16H17ClFNO/c1-11(13-3-2-4-14(17)9-13)19-10-16(20)12-5-7-15(18)8-6-12/h2-9,11,16,19-20H,10H2,1H3/t11-,16?/m0/s1. The van der Waals surface area contributed by atoms with Gasteiger partial charge in [-0.3, -0.25) is 0 Å². The average molecular weight is 294 g/mol. The first kappa shape index (κ1) is 15.0. The van der Waals surface area contributed by atoms with Crippen molar-refractivity contribution in [2.75, 3.05) is 6.54 Å². The van der Waals surface area contributed by atoms with Crippen LogP contribution >= 0.6 is 11.6 Å². The van der Waals surface area contributed by atoms with Crippen LogP contribution in [0, 0.1) is 5.82 Å². The van der Waals surface area contributed by atoms with Gasteiger partial charge in [0.1, 0.15) is 5.82 Å². The van der Waals surface area contributed by atoms with E-state index in [1.807, 2.05) is 31.2 Å². The molecular weight excluding hydrogens is 277 g/mol. The lowest BCUT2D eigenvalue weighted by molar-refractivity contribution is 0.170. The second kappa shape index (κ2) is 6.84. The molecule has 2 aromatic carbocycles. The number of hydrogen-bond acceptors (Lipinski definition) is 2. The quantitative estimate of drug-likeness (QED) is 0.877. The van der Waals surface area contributed by atoms with Gasteiger partial charge < -0.3 is 10.4 Å². The molecule has 0 fully saturated rings. The molecule has 0 aliphatic rings. The minimum absolute atomic E-state index is 0.0730. The molecule has 2 nitrogen and oxygen atoms in total. The SMILES string of the molecule is C[C@H](NCC(O)c1ccc(F)cc1)c1cccc(Cl)c1. The van der Waals surface area contributed by atoms with Gasteiger partial charge in [-0.15, -0.1) is 0 Å². The number of aliphatic hydroxyl groups is 1. The molecule has 0 saturated carbocycles. The van der Waals surface area contributed by atoms with Crippen LogP contribution in [0.5, 0.6) is 0 Å². The smallest absolute Gasteiger partial charge is 0.123 e. The molecule has 2 aromatic rings. The Kier molecular flexibility index (Phi) is 5.12. The fraction of sp³-hybridized carbons (Fsp3) is 0.250. The minimum atomic E-state index is -0.669. The Hall–Kier alpha value is -1.42. The highest BCUT2D eigenvalue weighted by Crippen LogP contribution is 2.19. The Balaban J connectivity index is 1.93. The molecule has 0 amide bonds. The summed E-state index contributed by atoms with van der Waals surface area (Å²) < 4.78 is 12.8. The Morgan fingerprint density at radius 3 is 2.50 bits per heavy atom. The third-order valence-electron chi connectivity index (χ3n) is 3.22. The van der Waals surface area contributed by atoms with Gasteiger partial charge in [0, 0.05) is 17.6 Å². The van der Waals surface area contributed by atoms with Crippen molar-refractivity contribution in [2.45, 2.75) is 19.1 Å². The molecule has 0 aliphatic carbocycles. The Bertz CT molecular complexity index is 559. The molecule has 1 unspecified atom stereocenters. The molecule has 2 atom stereocenters. The molecule has 2 N–H and O–H groups in total. The number of benzene rings is 2. The van der Waals surface area contributed by atoms with Gasteiger partial charge in [-0.25, -0.2) is 4.39 Å². The zero-order chi connectivity index (χ0) is 14.5. The number of rotatable bonds is 5.